The first-order chi connectivity index (χ1) is 28.6. The highest BCUT2D eigenvalue weighted by molar-refractivity contribution is 8.19. The minimum Gasteiger partial charge on any atom is -0.508 e. The molecule has 0 bridgehead atoms. The van der Waals surface area contributed by atoms with E-state index in [1.807, 2.05) is 0 Å². The summed E-state index contributed by atoms with van der Waals surface area (Å²) >= 11 is 0. The van der Waals surface area contributed by atoms with Crippen LogP contribution >= 0.6 is 21.7 Å². The Balaban J connectivity index is 1.27. The number of rotatable bonds is 12. The van der Waals surface area contributed by atoms with Gasteiger partial charge in [-0.05, 0) is 102 Å². The van der Waals surface area contributed by atoms with Crippen LogP contribution in [0.2, 0.25) is 0 Å². The average molecular weight is 894 g/mol. The van der Waals surface area contributed by atoms with Gasteiger partial charge in [-0.2, -0.15) is 28.9 Å². The molecule has 0 saturated carbocycles. The summed E-state index contributed by atoms with van der Waals surface area (Å²) in [6, 6.07) is 20.2. The minimum atomic E-state index is -4.93. The Bertz CT molecular complexity index is 2950. The van der Waals surface area contributed by atoms with Crippen molar-refractivity contribution >= 4 is 94.6 Å². The van der Waals surface area contributed by atoms with Gasteiger partial charge in [0, 0.05) is 23.6 Å². The van der Waals surface area contributed by atoms with Gasteiger partial charge >= 0.3 is 0 Å². The van der Waals surface area contributed by atoms with Crippen molar-refractivity contribution in [2.45, 2.75) is 21.6 Å². The van der Waals surface area contributed by atoms with Crippen LogP contribution in [0.5, 0.6) is 17.2 Å². The lowest BCUT2D eigenvalue weighted by molar-refractivity contribution is -0.385. The van der Waals surface area contributed by atoms with Crippen molar-refractivity contribution in [3.63, 3.8) is 0 Å². The second-order valence-electron chi connectivity index (χ2n) is 12.8. The van der Waals surface area contributed by atoms with Gasteiger partial charge in [0.25, 0.3) is 15.8 Å². The molecule has 10 N–H and O–H groups in total. The fourth-order valence-corrected chi connectivity index (χ4v) is 7.67. The first-order valence-corrected chi connectivity index (χ1v) is 21.3. The number of aromatic hydroxyl groups is 3. The Kier molecular flexibility index (Phi) is 12.3. The topological polar surface area (TPSA) is 354 Å². The molecule has 21 nitrogen and oxygen atoms in total. The highest BCUT2D eigenvalue weighted by Gasteiger charge is 2.26. The Morgan fingerprint density at radius 2 is 1.13 bits per heavy atom. The number of nitro benzene ring substituents is 1. The van der Waals surface area contributed by atoms with Crippen molar-refractivity contribution in [1.82, 2.24) is 0 Å². The number of aryl methyl sites for hydroxylation is 1. The van der Waals surface area contributed by atoms with E-state index >= 15 is 0 Å². The molecule has 0 aliphatic carbocycles. The summed E-state index contributed by atoms with van der Waals surface area (Å²) in [6.07, 6.45) is 2.26. The molecule has 0 amide bonds. The molecule has 0 aromatic heterocycles. The maximum Gasteiger partial charge on any atom is 0.295 e. The number of non-ortho nitro benzene ring substituents is 1. The van der Waals surface area contributed by atoms with Gasteiger partial charge in [0.2, 0.25) is 0 Å². The zero-order valence-electron chi connectivity index (χ0n) is 30.9. The fraction of sp³-hybridized carbons (Fsp3) is 0.0270. The zero-order valence-corrected chi connectivity index (χ0v) is 33.3. The molecule has 0 saturated heterocycles. The summed E-state index contributed by atoms with van der Waals surface area (Å²) in [5, 5.41) is 67.0. The van der Waals surface area contributed by atoms with Gasteiger partial charge in [0.15, 0.2) is 5.75 Å². The number of nitrogens with zero attached hydrogens (tertiary/aromatic N) is 7. The molecule has 61 heavy (non-hydrogen) atoms. The van der Waals surface area contributed by atoms with Crippen molar-refractivity contribution < 1.29 is 60.5 Å². The van der Waals surface area contributed by atoms with Gasteiger partial charge in [-0.15, -0.1) is 10.2 Å². The van der Waals surface area contributed by atoms with E-state index in [0.29, 0.717) is 23.0 Å². The fourth-order valence-electron chi connectivity index (χ4n) is 5.55. The van der Waals surface area contributed by atoms with Crippen LogP contribution in [0.25, 0.3) is 22.9 Å². The Morgan fingerprint density at radius 3 is 1.77 bits per heavy atom. The normalized spacial score (nSPS) is 13.3. The molecule has 6 aromatic carbocycles. The van der Waals surface area contributed by atoms with Crippen LogP contribution in [0.4, 0.5) is 39.8 Å². The Labute approximate surface area is 347 Å². The summed E-state index contributed by atoms with van der Waals surface area (Å²) in [5.74, 6) is -1.06. The predicted molar refractivity (Wildman–Crippen MR) is 225 cm³/mol. The summed E-state index contributed by atoms with van der Waals surface area (Å²) in [4.78, 5) is 8.39. The number of phenols is 3. The zero-order chi connectivity index (χ0) is 44.4. The SMILES string of the molecule is Cc1cc(N=Nc2c(S(O)(O)O)cc3cc(N=Nc4ccc(O)cc4)ccc3c2O)c(O)cc1N=Nc1ccc(C=Cc2ccc([N+](=O)[O-])cc2S(=O)(=O)O)c(S(O)(O)O)c1. The van der Waals surface area contributed by atoms with Gasteiger partial charge in [-0.3, -0.25) is 14.7 Å². The first-order valence-electron chi connectivity index (χ1n) is 16.9. The van der Waals surface area contributed by atoms with E-state index in [-0.39, 0.29) is 44.7 Å². The van der Waals surface area contributed by atoms with Gasteiger partial charge in [0.1, 0.15) is 49.5 Å². The Morgan fingerprint density at radius 1 is 0.574 bits per heavy atom. The van der Waals surface area contributed by atoms with Crippen LogP contribution < -0.4 is 0 Å². The molecule has 0 atom stereocenters. The standard InChI is InChI=1S/C37H31N7O14S3/c1-20-14-31(42-43-36-35(61(56,57)58)16-23-15-25(9-13-29(23)37(36)47)39-38-24-7-11-28(45)12-8-24)32(46)19-30(20)41-40-26-6-4-21(33(17-26)59(50,51)52)2-3-22-5-10-27(44(48)49)18-34(22)60(53,54)55/h2-19,45-47,50-52,56-58H,1H3,(H,53,54,55). The summed E-state index contributed by atoms with van der Waals surface area (Å²) in [5.41, 5.74) is -0.453. The quantitative estimate of drug-likeness (QED) is 0.0179. The molecule has 0 radical (unpaired) electrons. The van der Waals surface area contributed by atoms with Crippen LogP contribution in [0.15, 0.2) is 142 Å². The number of phenolic OH excluding ortho intramolecular Hbond substituents is 3. The average Bonchev–Trinajstić information content (AvgIpc) is 3.18. The first kappa shape index (κ1) is 43.9. The van der Waals surface area contributed by atoms with Crippen molar-refractivity contribution in [2.24, 2.45) is 30.7 Å². The van der Waals surface area contributed by atoms with Gasteiger partial charge in [0.05, 0.1) is 37.5 Å². The molecule has 0 fully saturated rings. The van der Waals surface area contributed by atoms with E-state index in [1.54, 1.807) is 6.92 Å². The molecule has 0 spiro atoms. The lowest BCUT2D eigenvalue weighted by Gasteiger charge is -2.22. The maximum absolute atomic E-state index is 11.9. The second-order valence-corrected chi connectivity index (χ2v) is 17.1. The number of benzene rings is 6. The van der Waals surface area contributed by atoms with Crippen LogP contribution in [0.3, 0.4) is 0 Å². The lowest BCUT2D eigenvalue weighted by Crippen LogP contribution is -2.02. The van der Waals surface area contributed by atoms with E-state index in [2.05, 4.69) is 30.7 Å². The van der Waals surface area contributed by atoms with E-state index in [4.69, 9.17) is 0 Å². The molecule has 0 unspecified atom stereocenters. The van der Waals surface area contributed by atoms with Crippen LogP contribution in [0, 0.1) is 17.0 Å². The van der Waals surface area contributed by atoms with Crippen molar-refractivity contribution in [2.75, 3.05) is 0 Å². The number of nitro groups is 1. The maximum atomic E-state index is 11.9. The minimum absolute atomic E-state index is 0.0346. The molecule has 24 heteroatoms. The predicted octanol–water partition coefficient (Wildman–Crippen LogP) is 12.0. The smallest absolute Gasteiger partial charge is 0.295 e. The second kappa shape index (κ2) is 17.1. The van der Waals surface area contributed by atoms with E-state index in [0.717, 1.165) is 42.5 Å². The van der Waals surface area contributed by atoms with E-state index in [9.17, 15) is 65.7 Å². The molecular formula is C37H31N7O14S3. The van der Waals surface area contributed by atoms with Crippen LogP contribution in [-0.4, -0.2) is 60.5 Å². The lowest BCUT2D eigenvalue weighted by atomic mass is 10.1. The van der Waals surface area contributed by atoms with Gasteiger partial charge in [-0.1, -0.05) is 18.2 Å². The van der Waals surface area contributed by atoms with Crippen LogP contribution in [-0.2, 0) is 10.1 Å². The molecular weight excluding hydrogens is 863 g/mol. The molecule has 316 valence electrons. The molecule has 6 rings (SSSR count). The summed E-state index contributed by atoms with van der Waals surface area (Å²) in [6.45, 7) is 1.55. The molecule has 0 aliphatic heterocycles. The molecule has 6 aromatic rings. The van der Waals surface area contributed by atoms with Crippen molar-refractivity contribution in [3.05, 3.63) is 124 Å². The third kappa shape index (κ3) is 10.4. The van der Waals surface area contributed by atoms with E-state index in [1.165, 1.54) is 60.7 Å². The van der Waals surface area contributed by atoms with Gasteiger partial charge < -0.3 is 42.6 Å². The van der Waals surface area contributed by atoms with Crippen molar-refractivity contribution in [1.29, 1.82) is 0 Å². The third-order valence-corrected chi connectivity index (χ3v) is 11.3. The summed E-state index contributed by atoms with van der Waals surface area (Å²) in [7, 11) is -13.9. The van der Waals surface area contributed by atoms with Crippen LogP contribution in [0.1, 0.15) is 16.7 Å². The number of fused-ring (bicyclic) bond motifs is 1. The highest BCUT2D eigenvalue weighted by Crippen LogP contribution is 2.55. The number of hydrogen-bond donors (Lipinski definition) is 10. The summed E-state index contributed by atoms with van der Waals surface area (Å²) < 4.78 is 94.7. The van der Waals surface area contributed by atoms with Crippen molar-refractivity contribution in [3.8, 4) is 17.2 Å². The largest absolute Gasteiger partial charge is 0.508 e. The molecule has 0 aliphatic rings. The monoisotopic (exact) mass is 893 g/mol. The van der Waals surface area contributed by atoms with E-state index < -0.39 is 74.3 Å². The number of azo groups is 3. The van der Waals surface area contributed by atoms with Gasteiger partial charge in [-0.25, -0.2) is 0 Å². The highest BCUT2D eigenvalue weighted by atomic mass is 32.3. The Hall–Kier alpha value is -6.71. The third-order valence-electron chi connectivity index (χ3n) is 8.50. The molecule has 0 heterocycles. The number of hydrogen-bond acceptors (Lipinski definition) is 19.